The summed E-state index contributed by atoms with van der Waals surface area (Å²) < 4.78 is 0. The van der Waals surface area contributed by atoms with E-state index in [0.717, 1.165) is 22.8 Å². The van der Waals surface area contributed by atoms with Crippen LogP contribution in [-0.2, 0) is 0 Å². The van der Waals surface area contributed by atoms with Crippen LogP contribution in [0.1, 0.15) is 56.4 Å². The third-order valence-electron chi connectivity index (χ3n) is 6.35. The first-order valence-corrected chi connectivity index (χ1v) is 11.4. The van der Waals surface area contributed by atoms with E-state index in [1.165, 1.54) is 22.1 Å². The maximum atomic E-state index is 5.01. The quantitative estimate of drug-likeness (QED) is 0.533. The number of fused-ring (bicyclic) bond motifs is 2. The van der Waals surface area contributed by atoms with Crippen LogP contribution in [0.25, 0.3) is 5.57 Å². The third kappa shape index (κ3) is 3.50. The number of aliphatic imine (C=N–C) groups is 1. The predicted octanol–water partition coefficient (Wildman–Crippen LogP) is 5.39. The highest BCUT2D eigenvalue weighted by Gasteiger charge is 2.38. The van der Waals surface area contributed by atoms with E-state index in [-0.39, 0.29) is 6.85 Å². The van der Waals surface area contributed by atoms with Crippen molar-refractivity contribution in [1.82, 2.24) is 9.79 Å². The molecule has 3 heterocycles. The Balaban J connectivity index is 1.76. The van der Waals surface area contributed by atoms with Gasteiger partial charge in [-0.25, -0.2) is 4.99 Å². The molecule has 32 heavy (non-hydrogen) atoms. The Bertz CT molecular complexity index is 1210. The third-order valence-corrected chi connectivity index (χ3v) is 6.35. The zero-order chi connectivity index (χ0) is 22.2. The smallest absolute Gasteiger partial charge is 0.331 e. The van der Waals surface area contributed by atoms with Gasteiger partial charge in [0.2, 0.25) is 0 Å². The van der Waals surface area contributed by atoms with Crippen molar-refractivity contribution in [2.75, 3.05) is 0 Å². The van der Waals surface area contributed by atoms with Gasteiger partial charge in [-0.2, -0.15) is 0 Å². The second kappa shape index (κ2) is 8.27. The molecule has 4 heteroatoms. The Kier molecular flexibility index (Phi) is 5.30. The number of allylic oxidation sites excluding steroid dienone is 2. The Labute approximate surface area is 191 Å². The first-order valence-electron chi connectivity index (χ1n) is 11.4. The minimum Gasteiger partial charge on any atom is -0.367 e. The molecular formula is C28H28BN3. The van der Waals surface area contributed by atoms with Crippen molar-refractivity contribution >= 4 is 34.9 Å². The van der Waals surface area contributed by atoms with Crippen LogP contribution in [0.4, 0.5) is 5.69 Å². The van der Waals surface area contributed by atoms with E-state index in [4.69, 9.17) is 4.99 Å². The van der Waals surface area contributed by atoms with Crippen LogP contribution in [-0.4, -0.2) is 22.5 Å². The Morgan fingerprint density at radius 1 is 0.781 bits per heavy atom. The molecule has 5 rings (SSSR count). The van der Waals surface area contributed by atoms with Crippen molar-refractivity contribution in [3.8, 4) is 0 Å². The standard InChI is InChI=1S/C28H28BN3/c1-19(2)22-10-9-11-23(20(3)4)28(22)29-24-12-5-6-14-26(24)31-27-16-15-21(18-32(27)29)25-13-7-8-17-30-25/h5-20H,1-4H3. The van der Waals surface area contributed by atoms with Crippen LogP contribution in [0.3, 0.4) is 0 Å². The Hall–Kier alpha value is -3.40. The van der Waals surface area contributed by atoms with Crippen LogP contribution in [0.5, 0.6) is 0 Å². The maximum absolute atomic E-state index is 5.01. The van der Waals surface area contributed by atoms with Gasteiger partial charge in [0.15, 0.2) is 0 Å². The van der Waals surface area contributed by atoms with Gasteiger partial charge in [0, 0.05) is 18.0 Å². The van der Waals surface area contributed by atoms with Gasteiger partial charge in [0.05, 0.1) is 11.4 Å². The molecule has 1 aromatic heterocycles. The second-order valence-electron chi connectivity index (χ2n) is 9.13. The fraction of sp³-hybridized carbons (Fsp3) is 0.214. The van der Waals surface area contributed by atoms with Gasteiger partial charge in [0.25, 0.3) is 0 Å². The highest BCUT2D eigenvalue weighted by Crippen LogP contribution is 2.29. The molecule has 3 aromatic rings. The van der Waals surface area contributed by atoms with Crippen molar-refractivity contribution in [2.24, 2.45) is 4.99 Å². The largest absolute Gasteiger partial charge is 0.367 e. The molecule has 158 valence electrons. The topological polar surface area (TPSA) is 28.5 Å². The van der Waals surface area contributed by atoms with Crippen LogP contribution < -0.4 is 10.9 Å². The van der Waals surface area contributed by atoms with Crippen molar-refractivity contribution in [3.63, 3.8) is 0 Å². The van der Waals surface area contributed by atoms with E-state index in [9.17, 15) is 0 Å². The lowest BCUT2D eigenvalue weighted by atomic mass is 9.45. The molecule has 2 aliphatic rings. The maximum Gasteiger partial charge on any atom is 0.331 e. The van der Waals surface area contributed by atoms with Crippen molar-refractivity contribution in [1.29, 1.82) is 0 Å². The van der Waals surface area contributed by atoms with Crippen LogP contribution >= 0.6 is 0 Å². The summed E-state index contributed by atoms with van der Waals surface area (Å²) in [5.74, 6) is 1.83. The first-order chi connectivity index (χ1) is 15.5. The molecule has 0 saturated heterocycles. The van der Waals surface area contributed by atoms with Gasteiger partial charge in [-0.3, -0.25) is 4.98 Å². The molecule has 0 fully saturated rings. The molecule has 0 amide bonds. The summed E-state index contributed by atoms with van der Waals surface area (Å²) in [4.78, 5) is 11.9. The molecule has 0 radical (unpaired) electrons. The van der Waals surface area contributed by atoms with E-state index in [1.54, 1.807) is 0 Å². The van der Waals surface area contributed by atoms with Gasteiger partial charge in [-0.05, 0) is 64.2 Å². The zero-order valence-corrected chi connectivity index (χ0v) is 19.2. The van der Waals surface area contributed by atoms with Gasteiger partial charge < -0.3 is 4.81 Å². The number of benzene rings is 2. The van der Waals surface area contributed by atoms with Gasteiger partial charge >= 0.3 is 6.85 Å². The van der Waals surface area contributed by atoms with Crippen molar-refractivity contribution in [2.45, 2.75) is 39.5 Å². The summed E-state index contributed by atoms with van der Waals surface area (Å²) in [6, 6.07) is 21.4. The van der Waals surface area contributed by atoms with Crippen LogP contribution in [0, 0.1) is 0 Å². The number of pyridine rings is 1. The molecule has 0 unspecified atom stereocenters. The minimum atomic E-state index is 0.0679. The molecule has 2 aliphatic heterocycles. The molecule has 2 aromatic carbocycles. The lowest BCUT2D eigenvalue weighted by Gasteiger charge is -2.37. The summed E-state index contributed by atoms with van der Waals surface area (Å²) in [5.41, 5.74) is 8.58. The van der Waals surface area contributed by atoms with E-state index in [1.807, 2.05) is 18.3 Å². The SMILES string of the molecule is CC(C)c1cccc(C(C)C)c1B1c2ccccc2N=C2C=CC(c3ccccn3)=CN12. The number of rotatable bonds is 4. The molecule has 0 saturated carbocycles. The van der Waals surface area contributed by atoms with E-state index in [0.29, 0.717) is 11.8 Å². The van der Waals surface area contributed by atoms with E-state index in [2.05, 4.69) is 104 Å². The average Bonchev–Trinajstić information content (AvgIpc) is 2.82. The van der Waals surface area contributed by atoms with Crippen molar-refractivity contribution in [3.05, 3.63) is 102 Å². The number of nitrogens with zero attached hydrogens (tertiary/aromatic N) is 3. The summed E-state index contributed by atoms with van der Waals surface area (Å²) in [6.45, 7) is 9.23. The molecule has 0 bridgehead atoms. The van der Waals surface area contributed by atoms with Crippen LogP contribution in [0.2, 0.25) is 0 Å². The Morgan fingerprint density at radius 2 is 1.50 bits per heavy atom. The molecule has 0 atom stereocenters. The fourth-order valence-electron chi connectivity index (χ4n) is 4.81. The normalized spacial score (nSPS) is 14.9. The average molecular weight is 417 g/mol. The lowest BCUT2D eigenvalue weighted by Crippen LogP contribution is -2.60. The minimum absolute atomic E-state index is 0.0679. The summed E-state index contributed by atoms with van der Waals surface area (Å²) >= 11 is 0. The van der Waals surface area contributed by atoms with E-state index < -0.39 is 0 Å². The number of hydrogen-bond donors (Lipinski definition) is 0. The van der Waals surface area contributed by atoms with Gasteiger partial charge in [0.1, 0.15) is 5.84 Å². The molecule has 0 N–H and O–H groups in total. The molecular weight excluding hydrogens is 389 g/mol. The zero-order valence-electron chi connectivity index (χ0n) is 19.2. The number of hydrogen-bond acceptors (Lipinski definition) is 3. The van der Waals surface area contributed by atoms with Gasteiger partial charge in [-0.1, -0.05) is 70.2 Å². The number of aromatic nitrogens is 1. The van der Waals surface area contributed by atoms with E-state index >= 15 is 0 Å². The summed E-state index contributed by atoms with van der Waals surface area (Å²) in [5, 5.41) is 0. The lowest BCUT2D eigenvalue weighted by molar-refractivity contribution is 0.828. The van der Waals surface area contributed by atoms with Crippen LogP contribution in [0.15, 0.2) is 90.2 Å². The monoisotopic (exact) mass is 417 g/mol. The number of amidine groups is 1. The molecule has 3 nitrogen and oxygen atoms in total. The van der Waals surface area contributed by atoms with Gasteiger partial charge in [-0.15, -0.1) is 0 Å². The first kappa shape index (κ1) is 20.5. The highest BCUT2D eigenvalue weighted by atomic mass is 15.1. The summed E-state index contributed by atoms with van der Waals surface area (Å²) in [7, 11) is 0. The molecule has 0 aliphatic carbocycles. The molecule has 0 spiro atoms. The fourth-order valence-corrected chi connectivity index (χ4v) is 4.81. The highest BCUT2D eigenvalue weighted by molar-refractivity contribution is 6.87. The Morgan fingerprint density at radius 3 is 2.19 bits per heavy atom. The second-order valence-corrected chi connectivity index (χ2v) is 9.13. The summed E-state index contributed by atoms with van der Waals surface area (Å²) in [6.07, 6.45) is 8.32. The van der Waals surface area contributed by atoms with Crippen molar-refractivity contribution < 1.29 is 0 Å². The predicted molar refractivity (Wildman–Crippen MR) is 136 cm³/mol. The number of para-hydroxylation sites is 1.